The number of hydrogen-bond donors (Lipinski definition) is 1. The van der Waals surface area contributed by atoms with Gasteiger partial charge in [-0.1, -0.05) is 0 Å². The van der Waals surface area contributed by atoms with E-state index in [4.69, 9.17) is 24.1 Å². The SMILES string of the molecule is CC(=O)OCCOCCOCCOCCO.CCOCC. The zero-order chi connectivity index (χ0) is 16.2. The van der Waals surface area contributed by atoms with Gasteiger partial charge < -0.3 is 28.8 Å². The van der Waals surface area contributed by atoms with Crippen molar-refractivity contribution >= 4 is 5.97 Å². The lowest BCUT2D eigenvalue weighted by molar-refractivity contribution is -0.142. The highest BCUT2D eigenvalue weighted by atomic mass is 16.6. The Balaban J connectivity index is 0. The van der Waals surface area contributed by atoms with E-state index in [9.17, 15) is 4.79 Å². The summed E-state index contributed by atoms with van der Waals surface area (Å²) in [5.74, 6) is -0.305. The van der Waals surface area contributed by atoms with Gasteiger partial charge in [0.1, 0.15) is 6.61 Å². The number of aliphatic hydroxyl groups excluding tert-OH is 1. The number of carbonyl (C=O) groups is 1. The molecule has 0 aliphatic rings. The molecule has 0 heterocycles. The number of aliphatic hydroxyl groups is 1. The summed E-state index contributed by atoms with van der Waals surface area (Å²) in [6, 6.07) is 0. The molecular weight excluding hydrogens is 280 g/mol. The van der Waals surface area contributed by atoms with Gasteiger partial charge in [-0.05, 0) is 13.8 Å². The van der Waals surface area contributed by atoms with Gasteiger partial charge in [0, 0.05) is 20.1 Å². The molecule has 0 rings (SSSR count). The Morgan fingerprint density at radius 1 is 0.762 bits per heavy atom. The van der Waals surface area contributed by atoms with Crippen LogP contribution >= 0.6 is 0 Å². The molecule has 0 aromatic carbocycles. The Kier molecular flexibility index (Phi) is 23.2. The molecule has 0 amide bonds. The molecule has 0 fully saturated rings. The maximum Gasteiger partial charge on any atom is 0.302 e. The van der Waals surface area contributed by atoms with Crippen LogP contribution < -0.4 is 0 Å². The summed E-state index contributed by atoms with van der Waals surface area (Å²) in [6.45, 7) is 9.92. The maximum absolute atomic E-state index is 10.4. The Bertz CT molecular complexity index is 198. The van der Waals surface area contributed by atoms with Crippen molar-refractivity contribution < 1.29 is 33.6 Å². The number of hydrogen-bond acceptors (Lipinski definition) is 7. The van der Waals surface area contributed by atoms with E-state index in [1.807, 2.05) is 13.8 Å². The van der Waals surface area contributed by atoms with Crippen LogP contribution in [0.2, 0.25) is 0 Å². The Morgan fingerprint density at radius 2 is 1.19 bits per heavy atom. The first-order valence-electron chi connectivity index (χ1n) is 7.24. The van der Waals surface area contributed by atoms with Gasteiger partial charge in [0.15, 0.2) is 0 Å². The van der Waals surface area contributed by atoms with Gasteiger partial charge in [0.05, 0.1) is 46.2 Å². The second kappa shape index (κ2) is 21.6. The predicted molar refractivity (Wildman–Crippen MR) is 78.3 cm³/mol. The molecule has 128 valence electrons. The zero-order valence-corrected chi connectivity index (χ0v) is 13.5. The highest BCUT2D eigenvalue weighted by molar-refractivity contribution is 5.65. The molecular formula is C14H30O7. The molecule has 7 nitrogen and oxygen atoms in total. The van der Waals surface area contributed by atoms with Crippen LogP contribution in [0.25, 0.3) is 0 Å². The third kappa shape index (κ3) is 28.2. The molecule has 0 aromatic rings. The van der Waals surface area contributed by atoms with Gasteiger partial charge in [-0.2, -0.15) is 0 Å². The summed E-state index contributed by atoms with van der Waals surface area (Å²) in [7, 11) is 0. The van der Waals surface area contributed by atoms with Crippen LogP contribution in [0.4, 0.5) is 0 Å². The standard InChI is InChI=1S/C10H20O6.C4H10O/c1-10(12)16-9-8-15-7-6-14-5-4-13-3-2-11;1-3-5-4-2/h11H,2-9H2,1H3;3-4H2,1-2H3. The van der Waals surface area contributed by atoms with Crippen LogP contribution in [-0.2, 0) is 28.5 Å². The molecule has 0 aliphatic carbocycles. The normalized spacial score (nSPS) is 9.90. The van der Waals surface area contributed by atoms with E-state index in [1.165, 1.54) is 6.92 Å². The van der Waals surface area contributed by atoms with E-state index in [1.54, 1.807) is 0 Å². The minimum atomic E-state index is -0.305. The molecule has 7 heteroatoms. The average molecular weight is 310 g/mol. The van der Waals surface area contributed by atoms with Gasteiger partial charge in [0.25, 0.3) is 0 Å². The Hall–Kier alpha value is -0.730. The summed E-state index contributed by atoms with van der Waals surface area (Å²) in [4.78, 5) is 10.4. The summed E-state index contributed by atoms with van der Waals surface area (Å²) in [5.41, 5.74) is 0. The molecule has 0 bridgehead atoms. The molecule has 0 atom stereocenters. The first-order valence-corrected chi connectivity index (χ1v) is 7.24. The highest BCUT2D eigenvalue weighted by Gasteiger charge is 1.93. The number of carbonyl (C=O) groups excluding carboxylic acids is 1. The first-order chi connectivity index (χ1) is 10.2. The fourth-order valence-corrected chi connectivity index (χ4v) is 1.05. The molecule has 21 heavy (non-hydrogen) atoms. The molecule has 0 aromatic heterocycles. The van der Waals surface area contributed by atoms with Crippen LogP contribution in [0.3, 0.4) is 0 Å². The maximum atomic E-state index is 10.4. The third-order valence-corrected chi connectivity index (χ3v) is 1.92. The highest BCUT2D eigenvalue weighted by Crippen LogP contribution is 1.82. The topological polar surface area (TPSA) is 83.5 Å². The molecule has 0 saturated carbocycles. The van der Waals surface area contributed by atoms with Gasteiger partial charge in [-0.3, -0.25) is 4.79 Å². The van der Waals surface area contributed by atoms with Crippen molar-refractivity contribution in [1.82, 2.24) is 0 Å². The van der Waals surface area contributed by atoms with Crippen molar-refractivity contribution in [2.45, 2.75) is 20.8 Å². The Labute approximate surface area is 127 Å². The van der Waals surface area contributed by atoms with Gasteiger partial charge in [-0.15, -0.1) is 0 Å². The predicted octanol–water partition coefficient (Wildman–Crippen LogP) is 0.634. The molecule has 0 unspecified atom stereocenters. The lowest BCUT2D eigenvalue weighted by Gasteiger charge is -2.06. The molecule has 0 saturated heterocycles. The lowest BCUT2D eigenvalue weighted by atomic mass is 10.7. The van der Waals surface area contributed by atoms with Gasteiger partial charge >= 0.3 is 5.97 Å². The van der Waals surface area contributed by atoms with Crippen molar-refractivity contribution in [1.29, 1.82) is 0 Å². The Morgan fingerprint density at radius 3 is 1.52 bits per heavy atom. The van der Waals surface area contributed by atoms with Crippen LogP contribution in [-0.4, -0.2) is 77.1 Å². The molecule has 0 radical (unpaired) electrons. The summed E-state index contributed by atoms with van der Waals surface area (Å²) in [5, 5.41) is 8.41. The average Bonchev–Trinajstić information content (AvgIpc) is 2.46. The second-order valence-electron chi connectivity index (χ2n) is 3.68. The summed E-state index contributed by atoms with van der Waals surface area (Å²) < 4.78 is 24.8. The van der Waals surface area contributed by atoms with Crippen LogP contribution in [0, 0.1) is 0 Å². The fourth-order valence-electron chi connectivity index (χ4n) is 1.05. The van der Waals surface area contributed by atoms with E-state index in [0.29, 0.717) is 39.6 Å². The third-order valence-electron chi connectivity index (χ3n) is 1.92. The molecule has 1 N–H and O–H groups in total. The quantitative estimate of drug-likeness (QED) is 0.394. The second-order valence-corrected chi connectivity index (χ2v) is 3.68. The smallest absolute Gasteiger partial charge is 0.302 e. The monoisotopic (exact) mass is 310 g/mol. The van der Waals surface area contributed by atoms with Crippen molar-refractivity contribution in [2.24, 2.45) is 0 Å². The fraction of sp³-hybridized carbons (Fsp3) is 0.929. The van der Waals surface area contributed by atoms with Crippen LogP contribution in [0.5, 0.6) is 0 Å². The number of ether oxygens (including phenoxy) is 5. The molecule has 0 spiro atoms. The van der Waals surface area contributed by atoms with Crippen molar-refractivity contribution in [3.8, 4) is 0 Å². The molecule has 0 aliphatic heterocycles. The largest absolute Gasteiger partial charge is 0.463 e. The van der Waals surface area contributed by atoms with Crippen LogP contribution in [0.1, 0.15) is 20.8 Å². The van der Waals surface area contributed by atoms with Crippen molar-refractivity contribution in [3.05, 3.63) is 0 Å². The lowest BCUT2D eigenvalue weighted by Crippen LogP contribution is -2.13. The van der Waals surface area contributed by atoms with Crippen LogP contribution in [0.15, 0.2) is 0 Å². The number of rotatable bonds is 13. The van der Waals surface area contributed by atoms with Gasteiger partial charge in [-0.25, -0.2) is 0 Å². The number of esters is 1. The zero-order valence-electron chi connectivity index (χ0n) is 13.5. The summed E-state index contributed by atoms with van der Waals surface area (Å²) in [6.07, 6.45) is 0. The van der Waals surface area contributed by atoms with E-state index in [2.05, 4.69) is 4.74 Å². The minimum Gasteiger partial charge on any atom is -0.463 e. The first kappa shape index (κ1) is 22.5. The summed E-state index contributed by atoms with van der Waals surface area (Å²) >= 11 is 0. The van der Waals surface area contributed by atoms with Crippen molar-refractivity contribution in [2.75, 3.05) is 66.1 Å². The minimum absolute atomic E-state index is 0.0270. The van der Waals surface area contributed by atoms with Crippen molar-refractivity contribution in [3.63, 3.8) is 0 Å². The van der Waals surface area contributed by atoms with E-state index >= 15 is 0 Å². The van der Waals surface area contributed by atoms with E-state index in [-0.39, 0.29) is 19.2 Å². The van der Waals surface area contributed by atoms with E-state index < -0.39 is 0 Å². The van der Waals surface area contributed by atoms with E-state index in [0.717, 1.165) is 13.2 Å². The van der Waals surface area contributed by atoms with Gasteiger partial charge in [0.2, 0.25) is 0 Å².